The maximum Gasteiger partial charge on any atom is 0.239 e. The van der Waals surface area contributed by atoms with Gasteiger partial charge in [0.15, 0.2) is 0 Å². The van der Waals surface area contributed by atoms with Gasteiger partial charge in [-0.3, -0.25) is 4.79 Å². The summed E-state index contributed by atoms with van der Waals surface area (Å²) < 4.78 is 0. The molecule has 2 rings (SSSR count). The van der Waals surface area contributed by atoms with Gasteiger partial charge >= 0.3 is 0 Å². The quantitative estimate of drug-likeness (QED) is 0.674. The Labute approximate surface area is 85.8 Å². The SMILES string of the molecule is CC(C)C1CC2CCNC2C(=O)N1C. The fraction of sp³-hybridized carbons (Fsp3) is 0.909. The summed E-state index contributed by atoms with van der Waals surface area (Å²) in [5, 5.41) is 3.31. The van der Waals surface area contributed by atoms with Crippen LogP contribution < -0.4 is 5.32 Å². The Morgan fingerprint density at radius 3 is 2.86 bits per heavy atom. The highest BCUT2D eigenvalue weighted by atomic mass is 16.2. The van der Waals surface area contributed by atoms with E-state index in [-0.39, 0.29) is 6.04 Å². The van der Waals surface area contributed by atoms with Crippen molar-refractivity contribution < 1.29 is 4.79 Å². The van der Waals surface area contributed by atoms with Crippen LogP contribution in [0.5, 0.6) is 0 Å². The first-order chi connectivity index (χ1) is 6.61. The number of piperidine rings is 1. The summed E-state index contributed by atoms with van der Waals surface area (Å²) in [7, 11) is 1.95. The van der Waals surface area contributed by atoms with E-state index in [1.54, 1.807) is 0 Å². The third kappa shape index (κ3) is 1.44. The van der Waals surface area contributed by atoms with Crippen molar-refractivity contribution in [1.82, 2.24) is 10.2 Å². The number of rotatable bonds is 1. The minimum atomic E-state index is 0.120. The Hall–Kier alpha value is -0.570. The van der Waals surface area contributed by atoms with E-state index < -0.39 is 0 Å². The molecule has 3 nitrogen and oxygen atoms in total. The summed E-state index contributed by atoms with van der Waals surface area (Å²) in [6.45, 7) is 5.42. The fourth-order valence-electron chi connectivity index (χ4n) is 2.87. The number of carbonyl (C=O) groups excluding carboxylic acids is 1. The van der Waals surface area contributed by atoms with Gasteiger partial charge in [0.2, 0.25) is 5.91 Å². The Morgan fingerprint density at radius 2 is 2.21 bits per heavy atom. The molecule has 1 amide bonds. The molecule has 0 spiro atoms. The summed E-state index contributed by atoms with van der Waals surface area (Å²) in [5.41, 5.74) is 0. The molecule has 3 atom stereocenters. The van der Waals surface area contributed by atoms with Crippen LogP contribution in [-0.4, -0.2) is 36.5 Å². The van der Waals surface area contributed by atoms with E-state index in [4.69, 9.17) is 0 Å². The minimum absolute atomic E-state index is 0.120. The molecule has 2 saturated heterocycles. The van der Waals surface area contributed by atoms with Gasteiger partial charge in [-0.2, -0.15) is 0 Å². The summed E-state index contributed by atoms with van der Waals surface area (Å²) in [6, 6.07) is 0.568. The topological polar surface area (TPSA) is 32.3 Å². The Morgan fingerprint density at radius 1 is 1.50 bits per heavy atom. The Bertz CT molecular complexity index is 239. The van der Waals surface area contributed by atoms with Crippen LogP contribution >= 0.6 is 0 Å². The lowest BCUT2D eigenvalue weighted by Gasteiger charge is -2.41. The number of nitrogens with one attached hydrogen (secondary N) is 1. The summed E-state index contributed by atoms with van der Waals surface area (Å²) in [4.78, 5) is 13.9. The van der Waals surface area contributed by atoms with Crippen LogP contribution in [0.25, 0.3) is 0 Å². The highest BCUT2D eigenvalue weighted by Gasteiger charge is 2.43. The number of likely N-dealkylation sites (tertiary alicyclic amines) is 1. The Kier molecular flexibility index (Phi) is 2.52. The highest BCUT2D eigenvalue weighted by molar-refractivity contribution is 5.83. The number of fused-ring (bicyclic) bond motifs is 1. The predicted octanol–water partition coefficient (Wildman–Crippen LogP) is 0.851. The van der Waals surface area contributed by atoms with Crippen molar-refractivity contribution in [3.05, 3.63) is 0 Å². The van der Waals surface area contributed by atoms with Crippen molar-refractivity contribution in [2.75, 3.05) is 13.6 Å². The molecule has 2 heterocycles. The maximum absolute atomic E-state index is 12.0. The zero-order valence-electron chi connectivity index (χ0n) is 9.29. The van der Waals surface area contributed by atoms with Gasteiger partial charge in [-0.15, -0.1) is 0 Å². The number of hydrogen-bond donors (Lipinski definition) is 1. The molecule has 0 saturated carbocycles. The summed E-state index contributed by atoms with van der Waals surface area (Å²) >= 11 is 0. The highest BCUT2D eigenvalue weighted by Crippen LogP contribution is 2.32. The molecule has 0 aliphatic carbocycles. The van der Waals surface area contributed by atoms with E-state index in [1.165, 1.54) is 12.8 Å². The van der Waals surface area contributed by atoms with Crippen molar-refractivity contribution in [3.8, 4) is 0 Å². The molecule has 0 radical (unpaired) electrons. The molecule has 1 N–H and O–H groups in total. The van der Waals surface area contributed by atoms with Crippen LogP contribution in [0.3, 0.4) is 0 Å². The lowest BCUT2D eigenvalue weighted by molar-refractivity contribution is -0.139. The molecule has 2 aliphatic rings. The minimum Gasteiger partial charge on any atom is -0.341 e. The predicted molar refractivity (Wildman–Crippen MR) is 55.9 cm³/mol. The third-order valence-corrected chi connectivity index (χ3v) is 3.78. The van der Waals surface area contributed by atoms with E-state index in [0.29, 0.717) is 23.8 Å². The van der Waals surface area contributed by atoms with Crippen LogP contribution in [0.2, 0.25) is 0 Å². The lowest BCUT2D eigenvalue weighted by atomic mass is 9.83. The second-order valence-corrected chi connectivity index (χ2v) is 4.98. The number of amides is 1. The van der Waals surface area contributed by atoms with E-state index in [9.17, 15) is 4.79 Å². The van der Waals surface area contributed by atoms with Crippen LogP contribution in [0.1, 0.15) is 26.7 Å². The smallest absolute Gasteiger partial charge is 0.239 e. The van der Waals surface area contributed by atoms with E-state index in [0.717, 1.165) is 6.54 Å². The van der Waals surface area contributed by atoms with Gasteiger partial charge in [0, 0.05) is 13.1 Å². The standard InChI is InChI=1S/C11H20N2O/c1-7(2)9-6-8-4-5-12-10(8)11(14)13(9)3/h7-10,12H,4-6H2,1-3H3. The van der Waals surface area contributed by atoms with Crippen molar-refractivity contribution in [2.24, 2.45) is 11.8 Å². The number of nitrogens with zero attached hydrogens (tertiary/aromatic N) is 1. The molecule has 14 heavy (non-hydrogen) atoms. The van der Waals surface area contributed by atoms with Crippen molar-refractivity contribution in [1.29, 1.82) is 0 Å². The first-order valence-corrected chi connectivity index (χ1v) is 5.61. The zero-order chi connectivity index (χ0) is 10.3. The van der Waals surface area contributed by atoms with E-state index >= 15 is 0 Å². The molecule has 2 aliphatic heterocycles. The average molecular weight is 196 g/mol. The van der Waals surface area contributed by atoms with Crippen LogP contribution in [0, 0.1) is 11.8 Å². The maximum atomic E-state index is 12.0. The van der Waals surface area contributed by atoms with Gasteiger partial charge in [-0.05, 0) is 31.2 Å². The number of carbonyl (C=O) groups is 1. The first kappa shape index (κ1) is 9.97. The largest absolute Gasteiger partial charge is 0.341 e. The summed E-state index contributed by atoms with van der Waals surface area (Å²) in [5.74, 6) is 1.47. The van der Waals surface area contributed by atoms with Gasteiger partial charge in [0.25, 0.3) is 0 Å². The average Bonchev–Trinajstić information content (AvgIpc) is 2.58. The van der Waals surface area contributed by atoms with Crippen LogP contribution in [0.4, 0.5) is 0 Å². The van der Waals surface area contributed by atoms with E-state index in [2.05, 4.69) is 19.2 Å². The molecular weight excluding hydrogens is 176 g/mol. The fourth-order valence-corrected chi connectivity index (χ4v) is 2.87. The van der Waals surface area contributed by atoms with Gasteiger partial charge in [-0.25, -0.2) is 0 Å². The van der Waals surface area contributed by atoms with Crippen LogP contribution in [-0.2, 0) is 4.79 Å². The normalized spacial score (nSPS) is 37.9. The Balaban J connectivity index is 2.15. The number of hydrogen-bond acceptors (Lipinski definition) is 2. The molecular formula is C11H20N2O. The molecule has 0 bridgehead atoms. The van der Waals surface area contributed by atoms with Gasteiger partial charge < -0.3 is 10.2 Å². The molecule has 0 aromatic heterocycles. The van der Waals surface area contributed by atoms with Gasteiger partial charge in [0.1, 0.15) is 0 Å². The zero-order valence-corrected chi connectivity index (χ0v) is 9.29. The second-order valence-electron chi connectivity index (χ2n) is 4.98. The molecule has 2 fully saturated rings. The van der Waals surface area contributed by atoms with Crippen LogP contribution in [0.15, 0.2) is 0 Å². The third-order valence-electron chi connectivity index (χ3n) is 3.78. The molecule has 80 valence electrons. The van der Waals surface area contributed by atoms with E-state index in [1.807, 2.05) is 11.9 Å². The van der Waals surface area contributed by atoms with Crippen molar-refractivity contribution in [2.45, 2.75) is 38.8 Å². The second kappa shape index (κ2) is 3.54. The molecule has 0 aromatic carbocycles. The molecule has 3 heteroatoms. The monoisotopic (exact) mass is 196 g/mol. The van der Waals surface area contributed by atoms with Crippen molar-refractivity contribution >= 4 is 5.91 Å². The molecule has 3 unspecified atom stereocenters. The molecule has 0 aromatic rings. The first-order valence-electron chi connectivity index (χ1n) is 5.61. The van der Waals surface area contributed by atoms with Crippen molar-refractivity contribution in [3.63, 3.8) is 0 Å². The number of likely N-dealkylation sites (N-methyl/N-ethyl adjacent to an activating group) is 1. The lowest BCUT2D eigenvalue weighted by Crippen LogP contribution is -2.55. The summed E-state index contributed by atoms with van der Waals surface area (Å²) in [6.07, 6.45) is 2.35. The van der Waals surface area contributed by atoms with Gasteiger partial charge in [-0.1, -0.05) is 13.8 Å². The van der Waals surface area contributed by atoms with Gasteiger partial charge in [0.05, 0.1) is 6.04 Å².